The first-order valence-corrected chi connectivity index (χ1v) is 5.66. The normalized spacial score (nSPS) is 12.1. The van der Waals surface area contributed by atoms with Gasteiger partial charge in [0.15, 0.2) is 0 Å². The lowest BCUT2D eigenvalue weighted by atomic mass is 10.1. The first-order valence-electron chi connectivity index (χ1n) is 5.66. The van der Waals surface area contributed by atoms with Crippen molar-refractivity contribution < 1.29 is 14.7 Å². The number of aromatic nitrogens is 3. The molecular weight excluding hydrogens is 240 g/mol. The third-order valence-electron chi connectivity index (χ3n) is 2.41. The second-order valence-corrected chi connectivity index (χ2v) is 3.89. The van der Waals surface area contributed by atoms with Gasteiger partial charge in [0, 0.05) is 0 Å². The van der Waals surface area contributed by atoms with E-state index in [1.54, 1.807) is 0 Å². The minimum absolute atomic E-state index is 0.245. The molecule has 0 bridgehead atoms. The highest BCUT2D eigenvalue weighted by atomic mass is 16.4. The first-order chi connectivity index (χ1) is 8.54. The zero-order valence-corrected chi connectivity index (χ0v) is 10.0. The summed E-state index contributed by atoms with van der Waals surface area (Å²) in [5, 5.41) is 16.9. The first kappa shape index (κ1) is 13.9. The molecule has 3 N–H and O–H groups in total. The average Bonchev–Trinajstić information content (AvgIpc) is 2.70. The van der Waals surface area contributed by atoms with Crippen molar-refractivity contribution in [3.05, 3.63) is 16.8 Å². The molecule has 0 fully saturated rings. The molecule has 1 heterocycles. The van der Waals surface area contributed by atoms with Crippen LogP contribution in [0.15, 0.2) is 11.1 Å². The Labute approximate surface area is 103 Å². The molecule has 1 atom stereocenters. The lowest BCUT2D eigenvalue weighted by Crippen LogP contribution is -2.43. The minimum atomic E-state index is -1.07. The fourth-order valence-corrected chi connectivity index (χ4v) is 1.44. The van der Waals surface area contributed by atoms with Crippen molar-refractivity contribution in [3.63, 3.8) is 0 Å². The lowest BCUT2D eigenvalue weighted by molar-refractivity contribution is -0.142. The summed E-state index contributed by atoms with van der Waals surface area (Å²) < 4.78 is 1.06. The number of unbranched alkanes of at least 4 members (excludes halogenated alkanes) is 1. The highest BCUT2D eigenvalue weighted by Crippen LogP contribution is 2.00. The van der Waals surface area contributed by atoms with Crippen LogP contribution < -0.4 is 11.0 Å². The SMILES string of the molecule is CCCCC(NC(=O)Cn1cn[nH]c1=O)C(=O)O. The number of rotatable bonds is 7. The van der Waals surface area contributed by atoms with Crippen LogP contribution in [0.4, 0.5) is 0 Å². The Kier molecular flexibility index (Phi) is 5.09. The van der Waals surface area contributed by atoms with Gasteiger partial charge in [-0.25, -0.2) is 14.7 Å². The number of carboxylic acids is 1. The van der Waals surface area contributed by atoms with E-state index in [1.165, 1.54) is 6.33 Å². The van der Waals surface area contributed by atoms with Gasteiger partial charge in [-0.1, -0.05) is 19.8 Å². The van der Waals surface area contributed by atoms with E-state index in [9.17, 15) is 14.4 Å². The summed E-state index contributed by atoms with van der Waals surface area (Å²) in [6, 6.07) is -0.917. The van der Waals surface area contributed by atoms with Crippen LogP contribution >= 0.6 is 0 Å². The molecule has 0 aliphatic carbocycles. The predicted molar refractivity (Wildman–Crippen MR) is 61.9 cm³/mol. The van der Waals surface area contributed by atoms with Crippen LogP contribution in [-0.4, -0.2) is 37.8 Å². The Morgan fingerprint density at radius 1 is 1.61 bits per heavy atom. The molecule has 1 aromatic rings. The highest BCUT2D eigenvalue weighted by molar-refractivity contribution is 5.83. The van der Waals surface area contributed by atoms with E-state index in [4.69, 9.17) is 5.11 Å². The summed E-state index contributed by atoms with van der Waals surface area (Å²) in [6.45, 7) is 1.69. The van der Waals surface area contributed by atoms with Crippen molar-refractivity contribution in [2.24, 2.45) is 0 Å². The largest absolute Gasteiger partial charge is 0.480 e. The van der Waals surface area contributed by atoms with Gasteiger partial charge in [0.25, 0.3) is 0 Å². The zero-order valence-electron chi connectivity index (χ0n) is 10.0. The molecule has 0 aliphatic heterocycles. The number of carbonyl (C=O) groups is 2. The molecule has 18 heavy (non-hydrogen) atoms. The molecule has 8 nitrogen and oxygen atoms in total. The third kappa shape index (κ3) is 4.04. The van der Waals surface area contributed by atoms with Gasteiger partial charge in [-0.3, -0.25) is 9.36 Å². The number of hydrogen-bond donors (Lipinski definition) is 3. The van der Waals surface area contributed by atoms with Gasteiger partial charge in [-0.2, -0.15) is 5.10 Å². The fraction of sp³-hybridized carbons (Fsp3) is 0.600. The predicted octanol–water partition coefficient (Wildman–Crippen LogP) is -0.669. The maximum absolute atomic E-state index is 11.6. The number of nitrogens with zero attached hydrogens (tertiary/aromatic N) is 2. The van der Waals surface area contributed by atoms with Crippen LogP contribution in [0, 0.1) is 0 Å². The van der Waals surface area contributed by atoms with Gasteiger partial charge < -0.3 is 10.4 Å². The van der Waals surface area contributed by atoms with Crippen LogP contribution in [0.1, 0.15) is 26.2 Å². The molecule has 0 aromatic carbocycles. The smallest absolute Gasteiger partial charge is 0.343 e. The number of hydrogen-bond acceptors (Lipinski definition) is 4. The van der Waals surface area contributed by atoms with Crippen molar-refractivity contribution in [1.29, 1.82) is 0 Å². The van der Waals surface area contributed by atoms with Crippen molar-refractivity contribution in [2.45, 2.75) is 38.8 Å². The van der Waals surface area contributed by atoms with Crippen molar-refractivity contribution in [2.75, 3.05) is 0 Å². The van der Waals surface area contributed by atoms with Crippen LogP contribution in [-0.2, 0) is 16.1 Å². The lowest BCUT2D eigenvalue weighted by Gasteiger charge is -2.13. The number of H-pyrrole nitrogens is 1. The molecule has 0 aliphatic rings. The van der Waals surface area contributed by atoms with Crippen LogP contribution in [0.2, 0.25) is 0 Å². The summed E-state index contributed by atoms with van der Waals surface area (Å²) in [5.41, 5.74) is -0.509. The number of carbonyl (C=O) groups excluding carboxylic acids is 1. The average molecular weight is 256 g/mol. The molecule has 100 valence electrons. The van der Waals surface area contributed by atoms with Gasteiger partial charge >= 0.3 is 11.7 Å². The van der Waals surface area contributed by atoms with Crippen molar-refractivity contribution in [3.8, 4) is 0 Å². The van der Waals surface area contributed by atoms with Gasteiger partial charge in [0.05, 0.1) is 0 Å². The molecule has 1 aromatic heterocycles. The number of aromatic amines is 1. The topological polar surface area (TPSA) is 117 Å². The van der Waals surface area contributed by atoms with E-state index in [2.05, 4.69) is 15.5 Å². The Balaban J connectivity index is 2.54. The second-order valence-electron chi connectivity index (χ2n) is 3.89. The van der Waals surface area contributed by atoms with E-state index in [1.807, 2.05) is 6.92 Å². The van der Waals surface area contributed by atoms with Gasteiger partial charge in [0.1, 0.15) is 18.9 Å². The van der Waals surface area contributed by atoms with Crippen LogP contribution in [0.3, 0.4) is 0 Å². The van der Waals surface area contributed by atoms with Crippen LogP contribution in [0.5, 0.6) is 0 Å². The number of nitrogens with one attached hydrogen (secondary N) is 2. The molecule has 8 heteroatoms. The number of amides is 1. The second kappa shape index (κ2) is 6.58. The molecule has 0 saturated heterocycles. The summed E-state index contributed by atoms with van der Waals surface area (Å²) in [7, 11) is 0. The molecule has 1 amide bonds. The minimum Gasteiger partial charge on any atom is -0.480 e. The molecule has 0 saturated carbocycles. The summed E-state index contributed by atoms with van der Waals surface area (Å²) in [6.07, 6.45) is 3.12. The Morgan fingerprint density at radius 3 is 2.83 bits per heavy atom. The van der Waals surface area contributed by atoms with E-state index in [-0.39, 0.29) is 6.54 Å². The maximum Gasteiger partial charge on any atom is 0.343 e. The molecule has 0 spiro atoms. The van der Waals surface area contributed by atoms with Gasteiger partial charge in [0.2, 0.25) is 5.91 Å². The number of aliphatic carboxylic acids is 1. The van der Waals surface area contributed by atoms with E-state index >= 15 is 0 Å². The van der Waals surface area contributed by atoms with Gasteiger partial charge in [-0.15, -0.1) is 0 Å². The standard InChI is InChI=1S/C10H16N4O4/c1-2-3-4-7(9(16)17)12-8(15)5-14-6-11-13-10(14)18/h6-7H,2-5H2,1H3,(H,12,15)(H,13,18)(H,16,17). The van der Waals surface area contributed by atoms with E-state index < -0.39 is 23.6 Å². The summed E-state index contributed by atoms with van der Waals surface area (Å²) in [5.74, 6) is -1.60. The molecule has 1 rings (SSSR count). The quantitative estimate of drug-likeness (QED) is 0.598. The Hall–Kier alpha value is -2.12. The van der Waals surface area contributed by atoms with Gasteiger partial charge in [-0.05, 0) is 6.42 Å². The monoisotopic (exact) mass is 256 g/mol. The van der Waals surface area contributed by atoms with Crippen LogP contribution in [0.25, 0.3) is 0 Å². The van der Waals surface area contributed by atoms with E-state index in [0.29, 0.717) is 12.8 Å². The summed E-state index contributed by atoms with van der Waals surface area (Å²) >= 11 is 0. The molecule has 1 unspecified atom stereocenters. The fourth-order valence-electron chi connectivity index (χ4n) is 1.44. The molecule has 0 radical (unpaired) electrons. The van der Waals surface area contributed by atoms with Crippen molar-refractivity contribution >= 4 is 11.9 Å². The third-order valence-corrected chi connectivity index (χ3v) is 2.41. The Bertz CT molecular complexity index is 464. The number of carboxylic acid groups (broad SMARTS) is 1. The zero-order chi connectivity index (χ0) is 13.5. The molecular formula is C10H16N4O4. The Morgan fingerprint density at radius 2 is 2.33 bits per heavy atom. The van der Waals surface area contributed by atoms with Crippen molar-refractivity contribution in [1.82, 2.24) is 20.1 Å². The highest BCUT2D eigenvalue weighted by Gasteiger charge is 2.19. The van der Waals surface area contributed by atoms with E-state index in [0.717, 1.165) is 11.0 Å². The maximum atomic E-state index is 11.6. The summed E-state index contributed by atoms with van der Waals surface area (Å²) in [4.78, 5) is 33.6.